The third-order valence-electron chi connectivity index (χ3n) is 2.11. The summed E-state index contributed by atoms with van der Waals surface area (Å²) in [6.07, 6.45) is 0.315. The Morgan fingerprint density at radius 2 is 2.06 bits per heavy atom. The third-order valence-corrected chi connectivity index (χ3v) is 2.11. The first kappa shape index (κ1) is 14.7. The molecule has 6 nitrogen and oxygen atoms in total. The number of hydrogen-bond donors (Lipinski definition) is 2. The molecule has 0 rings (SSSR count). The summed E-state index contributed by atoms with van der Waals surface area (Å²) in [5.74, 6) is -1.15. The average molecular weight is 233 g/mol. The van der Waals surface area contributed by atoms with Crippen molar-refractivity contribution in [3.05, 3.63) is 0 Å². The van der Waals surface area contributed by atoms with Gasteiger partial charge in [-0.2, -0.15) is 0 Å². The summed E-state index contributed by atoms with van der Waals surface area (Å²) in [5, 5.41) is 11.1. The highest BCUT2D eigenvalue weighted by atomic mass is 16.5. The SMILES string of the molecule is CCCCOC(=O)N[C@H](C(=O)O)[C@@H](C)OC. The van der Waals surface area contributed by atoms with E-state index in [1.807, 2.05) is 6.92 Å². The third kappa shape index (κ3) is 5.55. The Morgan fingerprint density at radius 1 is 1.44 bits per heavy atom. The van der Waals surface area contributed by atoms with E-state index < -0.39 is 24.2 Å². The number of carbonyl (C=O) groups excluding carboxylic acids is 1. The van der Waals surface area contributed by atoms with Crippen molar-refractivity contribution in [2.45, 2.75) is 38.8 Å². The molecule has 0 aromatic rings. The number of carbonyl (C=O) groups is 2. The second-order valence-corrected chi connectivity index (χ2v) is 3.39. The van der Waals surface area contributed by atoms with Crippen molar-refractivity contribution >= 4 is 12.1 Å². The maximum absolute atomic E-state index is 11.2. The van der Waals surface area contributed by atoms with E-state index in [1.165, 1.54) is 7.11 Å². The number of unbranched alkanes of at least 4 members (excludes halogenated alkanes) is 1. The van der Waals surface area contributed by atoms with E-state index in [4.69, 9.17) is 14.6 Å². The van der Waals surface area contributed by atoms with Crippen molar-refractivity contribution in [1.82, 2.24) is 5.32 Å². The van der Waals surface area contributed by atoms with Crippen molar-refractivity contribution < 1.29 is 24.2 Å². The number of alkyl carbamates (subject to hydrolysis) is 1. The van der Waals surface area contributed by atoms with Crippen molar-refractivity contribution in [3.8, 4) is 0 Å². The number of rotatable bonds is 7. The van der Waals surface area contributed by atoms with Crippen LogP contribution in [0, 0.1) is 0 Å². The van der Waals surface area contributed by atoms with Gasteiger partial charge in [-0.05, 0) is 13.3 Å². The van der Waals surface area contributed by atoms with Crippen LogP contribution in [0.5, 0.6) is 0 Å². The predicted octanol–water partition coefficient (Wildman–Crippen LogP) is 1.00. The van der Waals surface area contributed by atoms with E-state index in [0.29, 0.717) is 0 Å². The Bertz CT molecular complexity index is 231. The molecule has 0 aromatic heterocycles. The normalized spacial score (nSPS) is 13.9. The summed E-state index contributed by atoms with van der Waals surface area (Å²) < 4.78 is 9.64. The Balaban J connectivity index is 4.09. The molecule has 0 aliphatic heterocycles. The van der Waals surface area contributed by atoms with Crippen LogP contribution in [0.2, 0.25) is 0 Å². The number of methoxy groups -OCH3 is 1. The molecular weight excluding hydrogens is 214 g/mol. The van der Waals surface area contributed by atoms with Gasteiger partial charge >= 0.3 is 12.1 Å². The molecule has 2 atom stereocenters. The summed E-state index contributed by atoms with van der Waals surface area (Å²) in [7, 11) is 1.38. The topological polar surface area (TPSA) is 84.9 Å². The standard InChI is InChI=1S/C10H19NO5/c1-4-5-6-16-10(14)11-8(9(12)13)7(2)15-3/h7-8H,4-6H2,1-3H3,(H,11,14)(H,12,13)/t7-,8+/m1/s1. The smallest absolute Gasteiger partial charge is 0.407 e. The molecule has 0 heterocycles. The highest BCUT2D eigenvalue weighted by Crippen LogP contribution is 1.99. The molecule has 0 aromatic carbocycles. The van der Waals surface area contributed by atoms with Crippen LogP contribution in [0.25, 0.3) is 0 Å². The monoisotopic (exact) mass is 233 g/mol. The number of carboxylic acids is 1. The van der Waals surface area contributed by atoms with Gasteiger partial charge in [-0.25, -0.2) is 9.59 Å². The summed E-state index contributed by atoms with van der Waals surface area (Å²) >= 11 is 0. The van der Waals surface area contributed by atoms with Crippen LogP contribution in [0.1, 0.15) is 26.7 Å². The lowest BCUT2D eigenvalue weighted by molar-refractivity contribution is -0.142. The molecule has 0 aliphatic carbocycles. The minimum absolute atomic E-state index is 0.288. The fourth-order valence-corrected chi connectivity index (χ4v) is 0.994. The Kier molecular flexibility index (Phi) is 7.28. The van der Waals surface area contributed by atoms with Gasteiger partial charge in [-0.3, -0.25) is 0 Å². The molecule has 1 amide bonds. The summed E-state index contributed by atoms with van der Waals surface area (Å²) in [6, 6.07) is -1.10. The average Bonchev–Trinajstić information content (AvgIpc) is 2.25. The second kappa shape index (κ2) is 7.92. The van der Waals surface area contributed by atoms with Crippen LogP contribution in [-0.2, 0) is 14.3 Å². The van der Waals surface area contributed by atoms with Crippen molar-refractivity contribution in [2.75, 3.05) is 13.7 Å². The maximum atomic E-state index is 11.2. The number of ether oxygens (including phenoxy) is 2. The highest BCUT2D eigenvalue weighted by molar-refractivity contribution is 5.80. The Labute approximate surface area is 94.9 Å². The number of nitrogens with one attached hydrogen (secondary N) is 1. The first-order valence-electron chi connectivity index (χ1n) is 5.21. The van der Waals surface area contributed by atoms with Gasteiger partial charge in [0.1, 0.15) is 0 Å². The summed E-state index contributed by atoms with van der Waals surface area (Å²) in [4.78, 5) is 22.0. The van der Waals surface area contributed by atoms with E-state index in [-0.39, 0.29) is 6.61 Å². The minimum Gasteiger partial charge on any atom is -0.480 e. The molecule has 0 aliphatic rings. The molecule has 94 valence electrons. The van der Waals surface area contributed by atoms with Gasteiger partial charge < -0.3 is 19.9 Å². The molecule has 16 heavy (non-hydrogen) atoms. The fourth-order valence-electron chi connectivity index (χ4n) is 0.994. The van der Waals surface area contributed by atoms with Crippen molar-refractivity contribution in [2.24, 2.45) is 0 Å². The van der Waals surface area contributed by atoms with Crippen molar-refractivity contribution in [3.63, 3.8) is 0 Å². The molecule has 0 radical (unpaired) electrons. The number of amides is 1. The first-order valence-corrected chi connectivity index (χ1v) is 5.21. The summed E-state index contributed by atoms with van der Waals surface area (Å²) in [6.45, 7) is 3.81. The van der Waals surface area contributed by atoms with E-state index in [9.17, 15) is 9.59 Å². The quantitative estimate of drug-likeness (QED) is 0.641. The predicted molar refractivity (Wildman–Crippen MR) is 57.3 cm³/mol. The highest BCUT2D eigenvalue weighted by Gasteiger charge is 2.26. The summed E-state index contributed by atoms with van der Waals surface area (Å²) in [5.41, 5.74) is 0. The van der Waals surface area contributed by atoms with Gasteiger partial charge in [0, 0.05) is 7.11 Å². The van der Waals surface area contributed by atoms with Crippen molar-refractivity contribution in [1.29, 1.82) is 0 Å². The Hall–Kier alpha value is -1.30. The lowest BCUT2D eigenvalue weighted by Crippen LogP contribution is -2.48. The molecule has 0 fully saturated rings. The molecule has 0 saturated heterocycles. The molecule has 0 spiro atoms. The van der Waals surface area contributed by atoms with Gasteiger partial charge in [0.05, 0.1) is 12.7 Å². The van der Waals surface area contributed by atoms with Crippen LogP contribution in [0.15, 0.2) is 0 Å². The second-order valence-electron chi connectivity index (χ2n) is 3.39. The van der Waals surface area contributed by atoms with Crippen LogP contribution in [-0.4, -0.2) is 43.0 Å². The van der Waals surface area contributed by atoms with E-state index in [2.05, 4.69) is 5.32 Å². The van der Waals surface area contributed by atoms with Gasteiger partial charge in [0.2, 0.25) is 0 Å². The van der Waals surface area contributed by atoms with Gasteiger partial charge in [0.25, 0.3) is 0 Å². The van der Waals surface area contributed by atoms with E-state index in [0.717, 1.165) is 12.8 Å². The lowest BCUT2D eigenvalue weighted by atomic mass is 10.2. The number of carboxylic acid groups (broad SMARTS) is 1. The molecule has 2 N–H and O–H groups in total. The molecular formula is C10H19NO5. The number of hydrogen-bond acceptors (Lipinski definition) is 4. The van der Waals surface area contributed by atoms with Crippen LogP contribution in [0.4, 0.5) is 4.79 Å². The van der Waals surface area contributed by atoms with Crippen LogP contribution in [0.3, 0.4) is 0 Å². The zero-order valence-corrected chi connectivity index (χ0v) is 9.86. The molecule has 6 heteroatoms. The fraction of sp³-hybridized carbons (Fsp3) is 0.800. The zero-order valence-electron chi connectivity index (χ0n) is 9.86. The lowest BCUT2D eigenvalue weighted by Gasteiger charge is -2.19. The van der Waals surface area contributed by atoms with E-state index in [1.54, 1.807) is 6.92 Å². The Morgan fingerprint density at radius 3 is 2.50 bits per heavy atom. The first-order chi connectivity index (χ1) is 7.52. The number of aliphatic carboxylic acids is 1. The minimum atomic E-state index is -1.15. The van der Waals surface area contributed by atoms with Gasteiger partial charge in [-0.1, -0.05) is 13.3 Å². The molecule has 0 saturated carbocycles. The van der Waals surface area contributed by atoms with Gasteiger partial charge in [-0.15, -0.1) is 0 Å². The van der Waals surface area contributed by atoms with Crippen LogP contribution >= 0.6 is 0 Å². The molecule has 0 unspecified atom stereocenters. The largest absolute Gasteiger partial charge is 0.480 e. The zero-order chi connectivity index (χ0) is 12.6. The maximum Gasteiger partial charge on any atom is 0.407 e. The molecule has 0 bridgehead atoms. The van der Waals surface area contributed by atoms with Crippen LogP contribution < -0.4 is 5.32 Å². The van der Waals surface area contributed by atoms with E-state index >= 15 is 0 Å². The van der Waals surface area contributed by atoms with Gasteiger partial charge in [0.15, 0.2) is 6.04 Å².